The molecule has 23 heavy (non-hydrogen) atoms. The largest absolute Gasteiger partial charge is 0.422 e. The lowest BCUT2D eigenvalue weighted by Gasteiger charge is -2.40. The van der Waals surface area contributed by atoms with Gasteiger partial charge in [-0.25, -0.2) is 0 Å². The first-order valence-electron chi connectivity index (χ1n) is 8.14. The van der Waals surface area contributed by atoms with Crippen LogP contribution >= 0.6 is 11.8 Å². The number of carbonyl (C=O) groups excluding carboxylic acids is 2. The molecule has 1 aromatic carbocycles. The summed E-state index contributed by atoms with van der Waals surface area (Å²) in [6, 6.07) is 10.1. The fraction of sp³-hybridized carbons (Fsp3) is 0.556. The van der Waals surface area contributed by atoms with Gasteiger partial charge in [-0.05, 0) is 30.9 Å². The number of carbonyl (C=O) groups is 2. The van der Waals surface area contributed by atoms with Crippen LogP contribution in [0.3, 0.4) is 0 Å². The molecular formula is C18H22O4S. The predicted molar refractivity (Wildman–Crippen MR) is 87.8 cm³/mol. The Kier molecular flexibility index (Phi) is 4.67. The molecular weight excluding hydrogens is 312 g/mol. The van der Waals surface area contributed by atoms with Crippen molar-refractivity contribution in [3.63, 3.8) is 0 Å². The van der Waals surface area contributed by atoms with E-state index < -0.39 is 23.6 Å². The molecule has 0 N–H and O–H groups in total. The first-order chi connectivity index (χ1) is 11.0. The van der Waals surface area contributed by atoms with Gasteiger partial charge in [0, 0.05) is 24.0 Å². The molecule has 3 rings (SSSR count). The van der Waals surface area contributed by atoms with E-state index in [1.165, 1.54) is 4.90 Å². The lowest BCUT2D eigenvalue weighted by molar-refractivity contribution is -0.243. The highest BCUT2D eigenvalue weighted by Crippen LogP contribution is 2.43. The van der Waals surface area contributed by atoms with Crippen LogP contribution in [0.15, 0.2) is 35.2 Å². The minimum Gasteiger partial charge on any atom is -0.422 e. The van der Waals surface area contributed by atoms with Crippen molar-refractivity contribution in [2.75, 3.05) is 0 Å². The van der Waals surface area contributed by atoms with E-state index in [2.05, 4.69) is 12.1 Å². The summed E-state index contributed by atoms with van der Waals surface area (Å²) < 4.78 is 10.6. The third-order valence-electron chi connectivity index (χ3n) is 4.41. The van der Waals surface area contributed by atoms with Crippen molar-refractivity contribution in [2.45, 2.75) is 55.5 Å². The van der Waals surface area contributed by atoms with Crippen molar-refractivity contribution in [1.82, 2.24) is 0 Å². The first kappa shape index (κ1) is 16.4. The van der Waals surface area contributed by atoms with E-state index in [1.807, 2.05) is 18.2 Å². The van der Waals surface area contributed by atoms with Gasteiger partial charge >= 0.3 is 11.9 Å². The van der Waals surface area contributed by atoms with Crippen molar-refractivity contribution in [3.8, 4) is 0 Å². The van der Waals surface area contributed by atoms with Crippen LogP contribution in [-0.2, 0) is 19.1 Å². The molecule has 0 spiro atoms. The Morgan fingerprint density at radius 3 is 2.26 bits per heavy atom. The molecule has 0 unspecified atom stereocenters. The molecule has 1 saturated heterocycles. The molecule has 124 valence electrons. The summed E-state index contributed by atoms with van der Waals surface area (Å²) in [5.41, 5.74) is 0. The maximum Gasteiger partial charge on any atom is 0.323 e. The maximum absolute atomic E-state index is 12.4. The molecule has 2 fully saturated rings. The van der Waals surface area contributed by atoms with Gasteiger partial charge in [-0.15, -0.1) is 11.8 Å². The highest BCUT2D eigenvalue weighted by atomic mass is 32.2. The highest BCUT2D eigenvalue weighted by Gasteiger charge is 2.49. The number of hydrogen-bond acceptors (Lipinski definition) is 5. The molecule has 5 heteroatoms. The van der Waals surface area contributed by atoms with Gasteiger partial charge in [-0.3, -0.25) is 9.59 Å². The van der Waals surface area contributed by atoms with Crippen LogP contribution in [0.1, 0.15) is 39.5 Å². The summed E-state index contributed by atoms with van der Waals surface area (Å²) in [5.74, 6) is -2.83. The second-order valence-electron chi connectivity index (χ2n) is 6.64. The number of esters is 2. The Hall–Kier alpha value is -1.49. The van der Waals surface area contributed by atoms with Crippen LogP contribution < -0.4 is 0 Å². The van der Waals surface area contributed by atoms with Gasteiger partial charge in [0.15, 0.2) is 5.92 Å². The first-order valence-corrected chi connectivity index (χ1v) is 9.02. The Bertz CT molecular complexity index is 564. The van der Waals surface area contributed by atoms with E-state index in [4.69, 9.17) is 9.47 Å². The Labute approximate surface area is 140 Å². The van der Waals surface area contributed by atoms with Gasteiger partial charge in [-0.1, -0.05) is 31.0 Å². The molecule has 2 aliphatic rings. The van der Waals surface area contributed by atoms with Crippen LogP contribution in [0.25, 0.3) is 0 Å². The molecule has 1 aromatic rings. The third kappa shape index (κ3) is 3.71. The Morgan fingerprint density at radius 1 is 1.00 bits per heavy atom. The van der Waals surface area contributed by atoms with Crippen LogP contribution in [0.4, 0.5) is 0 Å². The van der Waals surface area contributed by atoms with Crippen molar-refractivity contribution < 1.29 is 19.1 Å². The van der Waals surface area contributed by atoms with E-state index in [0.29, 0.717) is 0 Å². The minimum atomic E-state index is -1.15. The molecule has 0 amide bonds. The van der Waals surface area contributed by atoms with Crippen LogP contribution in [0, 0.1) is 11.8 Å². The molecule has 1 aliphatic heterocycles. The zero-order chi connectivity index (χ0) is 16.4. The van der Waals surface area contributed by atoms with Crippen molar-refractivity contribution >= 4 is 23.7 Å². The summed E-state index contributed by atoms with van der Waals surface area (Å²) in [7, 11) is 0. The van der Waals surface area contributed by atoms with Gasteiger partial charge < -0.3 is 9.47 Å². The maximum atomic E-state index is 12.4. The number of ether oxygens (including phenoxy) is 2. The standard InChI is InChI=1S/C18H22O4S/c1-18(2)21-16(19)15(17(20)22-18)13-10-6-7-11-14(13)23-12-8-4-3-5-9-12/h3-5,8-9,13-15H,6-7,10-11H2,1-2H3/t13-,14-/m0/s1. The quantitative estimate of drug-likeness (QED) is 0.622. The second-order valence-corrected chi connectivity index (χ2v) is 7.95. The SMILES string of the molecule is CC1(C)OC(=O)C([C@H]2CCCC[C@@H]2Sc2ccccc2)C(=O)O1. The molecule has 4 nitrogen and oxygen atoms in total. The fourth-order valence-corrected chi connectivity index (χ4v) is 4.82. The summed E-state index contributed by atoms with van der Waals surface area (Å²) >= 11 is 1.75. The lowest BCUT2D eigenvalue weighted by atomic mass is 9.79. The van der Waals surface area contributed by atoms with Gasteiger partial charge in [0.25, 0.3) is 5.79 Å². The number of thioether (sulfide) groups is 1. The molecule has 1 aliphatic carbocycles. The van der Waals surface area contributed by atoms with Crippen LogP contribution in [0.2, 0.25) is 0 Å². The molecule has 0 bridgehead atoms. The molecule has 0 aromatic heterocycles. The van der Waals surface area contributed by atoms with E-state index in [-0.39, 0.29) is 11.2 Å². The number of cyclic esters (lactones) is 2. The summed E-state index contributed by atoms with van der Waals surface area (Å²) in [4.78, 5) is 25.9. The van der Waals surface area contributed by atoms with E-state index in [9.17, 15) is 9.59 Å². The zero-order valence-corrected chi connectivity index (χ0v) is 14.3. The average Bonchev–Trinajstić information content (AvgIpc) is 2.48. The zero-order valence-electron chi connectivity index (χ0n) is 13.5. The van der Waals surface area contributed by atoms with Crippen molar-refractivity contribution in [1.29, 1.82) is 0 Å². The summed E-state index contributed by atoms with van der Waals surface area (Å²) in [5, 5.41) is 0.234. The fourth-order valence-electron chi connectivity index (χ4n) is 3.41. The van der Waals surface area contributed by atoms with E-state index >= 15 is 0 Å². The topological polar surface area (TPSA) is 52.6 Å². The highest BCUT2D eigenvalue weighted by molar-refractivity contribution is 8.00. The van der Waals surface area contributed by atoms with Crippen LogP contribution in [0.5, 0.6) is 0 Å². The Balaban J connectivity index is 1.78. The summed E-state index contributed by atoms with van der Waals surface area (Å²) in [6.45, 7) is 3.19. The number of hydrogen-bond donors (Lipinski definition) is 0. The number of rotatable bonds is 3. The molecule has 1 heterocycles. The van der Waals surface area contributed by atoms with Gasteiger partial charge in [0.2, 0.25) is 0 Å². The van der Waals surface area contributed by atoms with E-state index in [1.54, 1.807) is 25.6 Å². The normalized spacial score (nSPS) is 28.1. The number of benzene rings is 1. The van der Waals surface area contributed by atoms with Crippen molar-refractivity contribution in [2.24, 2.45) is 11.8 Å². The molecule has 0 radical (unpaired) electrons. The summed E-state index contributed by atoms with van der Waals surface area (Å²) in [6.07, 6.45) is 4.03. The molecule has 2 atom stereocenters. The van der Waals surface area contributed by atoms with E-state index in [0.717, 1.165) is 25.7 Å². The second kappa shape index (κ2) is 6.56. The average molecular weight is 334 g/mol. The monoisotopic (exact) mass is 334 g/mol. The third-order valence-corrected chi connectivity index (χ3v) is 5.85. The smallest absolute Gasteiger partial charge is 0.323 e. The lowest BCUT2D eigenvalue weighted by Crippen LogP contribution is -2.50. The minimum absolute atomic E-state index is 0.0231. The molecule has 1 saturated carbocycles. The van der Waals surface area contributed by atoms with Crippen molar-refractivity contribution in [3.05, 3.63) is 30.3 Å². The van der Waals surface area contributed by atoms with Gasteiger partial charge in [0.05, 0.1) is 0 Å². The van der Waals surface area contributed by atoms with Gasteiger partial charge in [-0.2, -0.15) is 0 Å². The predicted octanol–water partition coefficient (Wildman–Crippen LogP) is 3.79. The van der Waals surface area contributed by atoms with Gasteiger partial charge in [0.1, 0.15) is 0 Å². The Morgan fingerprint density at radius 2 is 1.61 bits per heavy atom. The van der Waals surface area contributed by atoms with Crippen LogP contribution in [-0.4, -0.2) is 23.0 Å².